The van der Waals surface area contributed by atoms with Crippen molar-refractivity contribution in [2.75, 3.05) is 6.54 Å². The van der Waals surface area contributed by atoms with Gasteiger partial charge in [-0.3, -0.25) is 4.79 Å². The quantitative estimate of drug-likeness (QED) is 0.543. The summed E-state index contributed by atoms with van der Waals surface area (Å²) < 4.78 is 1.51. The lowest BCUT2D eigenvalue weighted by atomic mass is 9.95. The Kier molecular flexibility index (Phi) is 3.47. The number of hydrogen-bond donors (Lipinski definition) is 2. The molecule has 27 heavy (non-hydrogen) atoms. The van der Waals surface area contributed by atoms with Crippen molar-refractivity contribution in [3.8, 4) is 11.5 Å². The van der Waals surface area contributed by atoms with E-state index >= 15 is 0 Å². The molecule has 1 atom stereocenters. The first kappa shape index (κ1) is 15.9. The first-order valence-corrected chi connectivity index (χ1v) is 8.76. The number of fused-ring (bicyclic) bond motifs is 2. The Morgan fingerprint density at radius 3 is 3.11 bits per heavy atom. The Bertz CT molecular complexity index is 1150. The highest BCUT2D eigenvalue weighted by atomic mass is 35.5. The van der Waals surface area contributed by atoms with Gasteiger partial charge in [0.2, 0.25) is 0 Å². The summed E-state index contributed by atoms with van der Waals surface area (Å²) in [7, 11) is 0. The molecule has 0 radical (unpaired) electrons. The minimum absolute atomic E-state index is 0.108. The standard InChI is InChI=1S/C16H14ClN9O/c1-8-11-6-19-14(15-20-23-24-21-15)10(11)2-3-25(8)16(27)12-4-13-18-5-9(17)7-26(13)22-12/h4-8,19H,2-3H2,1H3,(H,20,21,23,24). The van der Waals surface area contributed by atoms with Crippen molar-refractivity contribution >= 4 is 23.2 Å². The molecule has 0 spiro atoms. The zero-order valence-electron chi connectivity index (χ0n) is 14.2. The van der Waals surface area contributed by atoms with Gasteiger partial charge in [-0.05, 0) is 34.9 Å². The van der Waals surface area contributed by atoms with E-state index in [9.17, 15) is 4.79 Å². The fraction of sp³-hybridized carbons (Fsp3) is 0.250. The number of H-pyrrole nitrogens is 2. The normalized spacial score (nSPS) is 16.7. The van der Waals surface area contributed by atoms with Gasteiger partial charge in [0, 0.05) is 25.0 Å². The first-order chi connectivity index (χ1) is 13.1. The maximum absolute atomic E-state index is 13.1. The van der Waals surface area contributed by atoms with Gasteiger partial charge in [0.25, 0.3) is 5.91 Å². The molecule has 136 valence electrons. The molecule has 1 aliphatic heterocycles. The molecule has 0 aliphatic carbocycles. The number of amides is 1. The lowest BCUT2D eigenvalue weighted by molar-refractivity contribution is 0.0672. The Hall–Kier alpha value is -3.27. The molecule has 0 saturated heterocycles. The number of aromatic amines is 2. The molecule has 2 N–H and O–H groups in total. The van der Waals surface area contributed by atoms with Gasteiger partial charge in [-0.1, -0.05) is 11.6 Å². The van der Waals surface area contributed by atoms with E-state index in [0.29, 0.717) is 35.2 Å². The van der Waals surface area contributed by atoms with Gasteiger partial charge >= 0.3 is 0 Å². The van der Waals surface area contributed by atoms with Crippen molar-refractivity contribution in [3.63, 3.8) is 0 Å². The van der Waals surface area contributed by atoms with E-state index in [2.05, 4.69) is 35.7 Å². The molecular formula is C16H14ClN9O. The van der Waals surface area contributed by atoms with Crippen molar-refractivity contribution in [3.05, 3.63) is 46.5 Å². The Balaban J connectivity index is 1.47. The lowest BCUT2D eigenvalue weighted by Gasteiger charge is -2.33. The van der Waals surface area contributed by atoms with Crippen LogP contribution in [0.5, 0.6) is 0 Å². The Morgan fingerprint density at radius 2 is 2.30 bits per heavy atom. The fourth-order valence-corrected chi connectivity index (χ4v) is 3.70. The molecule has 0 aromatic carbocycles. The first-order valence-electron chi connectivity index (χ1n) is 8.38. The van der Waals surface area contributed by atoms with E-state index < -0.39 is 0 Å². The van der Waals surface area contributed by atoms with Gasteiger partial charge in [-0.15, -0.1) is 5.10 Å². The predicted octanol–water partition coefficient (Wildman–Crippen LogP) is 1.65. The molecule has 4 aromatic heterocycles. The molecule has 0 saturated carbocycles. The third-order valence-electron chi connectivity index (χ3n) is 4.89. The van der Waals surface area contributed by atoms with Crippen LogP contribution in [0, 0.1) is 0 Å². The SMILES string of the molecule is CC1c2c[nH]c(-c3nnn[nH]3)c2CCN1C(=O)c1cc2ncc(Cl)cn2n1. The summed E-state index contributed by atoms with van der Waals surface area (Å²) in [4.78, 5) is 22.3. The number of rotatable bonds is 2. The summed E-state index contributed by atoms with van der Waals surface area (Å²) in [5.41, 5.74) is 3.95. The largest absolute Gasteiger partial charge is 0.358 e. The van der Waals surface area contributed by atoms with Crippen molar-refractivity contribution in [2.45, 2.75) is 19.4 Å². The molecule has 5 rings (SSSR count). The third-order valence-corrected chi connectivity index (χ3v) is 5.08. The van der Waals surface area contributed by atoms with Gasteiger partial charge in [0.15, 0.2) is 17.2 Å². The molecular weight excluding hydrogens is 370 g/mol. The summed E-state index contributed by atoms with van der Waals surface area (Å²) in [6, 6.07) is 1.56. The molecule has 1 amide bonds. The average Bonchev–Trinajstić information content (AvgIpc) is 3.39. The maximum atomic E-state index is 13.1. The highest BCUT2D eigenvalue weighted by molar-refractivity contribution is 6.30. The van der Waals surface area contributed by atoms with Crippen LogP contribution in [0.3, 0.4) is 0 Å². The number of nitrogens with zero attached hydrogens (tertiary/aromatic N) is 7. The lowest BCUT2D eigenvalue weighted by Crippen LogP contribution is -2.38. The van der Waals surface area contributed by atoms with Crippen LogP contribution >= 0.6 is 11.6 Å². The monoisotopic (exact) mass is 383 g/mol. The summed E-state index contributed by atoms with van der Waals surface area (Å²) in [6.45, 7) is 2.57. The molecule has 10 nitrogen and oxygen atoms in total. The van der Waals surface area contributed by atoms with Crippen LogP contribution < -0.4 is 0 Å². The minimum atomic E-state index is -0.140. The van der Waals surface area contributed by atoms with Crippen molar-refractivity contribution in [1.82, 2.24) is 45.1 Å². The topological polar surface area (TPSA) is 121 Å². The van der Waals surface area contributed by atoms with E-state index in [1.807, 2.05) is 18.0 Å². The highest BCUT2D eigenvalue weighted by Gasteiger charge is 2.32. The number of nitrogens with one attached hydrogen (secondary N) is 2. The number of carbonyl (C=O) groups is 1. The molecule has 1 aliphatic rings. The smallest absolute Gasteiger partial charge is 0.274 e. The van der Waals surface area contributed by atoms with Gasteiger partial charge in [-0.2, -0.15) is 5.10 Å². The number of halogens is 1. The molecule has 0 bridgehead atoms. The maximum Gasteiger partial charge on any atom is 0.274 e. The van der Waals surface area contributed by atoms with Crippen LogP contribution in [-0.4, -0.2) is 57.6 Å². The number of carbonyl (C=O) groups excluding carboxylic acids is 1. The Morgan fingerprint density at radius 1 is 1.41 bits per heavy atom. The van der Waals surface area contributed by atoms with Crippen LogP contribution in [0.15, 0.2) is 24.7 Å². The van der Waals surface area contributed by atoms with Crippen molar-refractivity contribution in [1.29, 1.82) is 0 Å². The fourth-order valence-electron chi connectivity index (χ4n) is 3.56. The van der Waals surface area contributed by atoms with E-state index in [0.717, 1.165) is 16.8 Å². The molecule has 0 fully saturated rings. The summed E-state index contributed by atoms with van der Waals surface area (Å²) >= 11 is 5.94. The van der Waals surface area contributed by atoms with Crippen LogP contribution in [0.25, 0.3) is 17.2 Å². The number of aromatic nitrogens is 8. The van der Waals surface area contributed by atoms with Crippen LogP contribution in [-0.2, 0) is 6.42 Å². The zero-order valence-corrected chi connectivity index (χ0v) is 15.0. The van der Waals surface area contributed by atoms with Gasteiger partial charge in [0.1, 0.15) is 0 Å². The van der Waals surface area contributed by atoms with E-state index in [1.54, 1.807) is 12.3 Å². The second-order valence-corrected chi connectivity index (χ2v) is 6.81. The van der Waals surface area contributed by atoms with Gasteiger partial charge in [-0.25, -0.2) is 14.6 Å². The van der Waals surface area contributed by atoms with Gasteiger partial charge < -0.3 is 9.88 Å². The van der Waals surface area contributed by atoms with Crippen LogP contribution in [0.2, 0.25) is 5.02 Å². The minimum Gasteiger partial charge on any atom is -0.358 e. The van der Waals surface area contributed by atoms with E-state index in [1.165, 1.54) is 10.7 Å². The van der Waals surface area contributed by atoms with Crippen molar-refractivity contribution in [2.24, 2.45) is 0 Å². The Labute approximate surface area is 157 Å². The van der Waals surface area contributed by atoms with Crippen molar-refractivity contribution < 1.29 is 4.79 Å². The summed E-state index contributed by atoms with van der Waals surface area (Å²) in [6.07, 6.45) is 5.76. The molecule has 1 unspecified atom stereocenters. The van der Waals surface area contributed by atoms with E-state index in [4.69, 9.17) is 11.6 Å². The highest BCUT2D eigenvalue weighted by Crippen LogP contribution is 2.35. The molecule has 11 heteroatoms. The summed E-state index contributed by atoms with van der Waals surface area (Å²) in [5.74, 6) is 0.449. The van der Waals surface area contributed by atoms with Crippen LogP contribution in [0.4, 0.5) is 0 Å². The number of hydrogen-bond acceptors (Lipinski definition) is 6. The molecule has 4 aromatic rings. The zero-order chi connectivity index (χ0) is 18.5. The van der Waals surface area contributed by atoms with Crippen LogP contribution in [0.1, 0.15) is 34.6 Å². The number of tetrazole rings is 1. The van der Waals surface area contributed by atoms with E-state index in [-0.39, 0.29) is 11.9 Å². The second kappa shape index (κ2) is 5.88. The average molecular weight is 384 g/mol. The third kappa shape index (κ3) is 2.48. The van der Waals surface area contributed by atoms with Gasteiger partial charge in [0.05, 0.1) is 23.0 Å². The predicted molar refractivity (Wildman–Crippen MR) is 95.1 cm³/mol. The second-order valence-electron chi connectivity index (χ2n) is 6.38. The summed E-state index contributed by atoms with van der Waals surface area (Å²) in [5, 5.41) is 18.8. The molecule has 5 heterocycles.